The summed E-state index contributed by atoms with van der Waals surface area (Å²) in [6, 6.07) is 5.95. The summed E-state index contributed by atoms with van der Waals surface area (Å²) in [6.45, 7) is 2.92. The number of alkyl halides is 3. The van der Waals surface area contributed by atoms with Crippen molar-refractivity contribution in [1.82, 2.24) is 4.57 Å². The Morgan fingerprint density at radius 2 is 1.73 bits per heavy atom. The highest BCUT2D eigenvalue weighted by atomic mass is 19.4. The van der Waals surface area contributed by atoms with Gasteiger partial charge in [-0.3, -0.25) is 14.2 Å². The van der Waals surface area contributed by atoms with Crippen LogP contribution in [0.4, 0.5) is 17.6 Å². The van der Waals surface area contributed by atoms with Crippen molar-refractivity contribution in [3.63, 3.8) is 0 Å². The van der Waals surface area contributed by atoms with Gasteiger partial charge in [-0.05, 0) is 49.7 Å². The first-order valence-corrected chi connectivity index (χ1v) is 8.80. The first-order valence-electron chi connectivity index (χ1n) is 8.80. The van der Waals surface area contributed by atoms with Crippen LogP contribution < -0.4 is 4.74 Å². The van der Waals surface area contributed by atoms with Crippen LogP contribution in [-0.2, 0) is 11.0 Å². The first kappa shape index (κ1) is 21.4. The van der Waals surface area contributed by atoms with Crippen LogP contribution in [0.5, 0.6) is 5.75 Å². The van der Waals surface area contributed by atoms with Crippen molar-refractivity contribution in [1.29, 1.82) is 0 Å². The number of benzene rings is 2. The lowest BCUT2D eigenvalue weighted by atomic mass is 9.98. The molecule has 1 atom stereocenters. The fraction of sp³-hybridized carbons (Fsp3) is 0.238. The molecule has 30 heavy (non-hydrogen) atoms. The average molecular weight is 423 g/mol. The largest absolute Gasteiger partial charge is 0.494 e. The standard InChI is InChI=1S/C21H17F4NO4/c1-10(20(28)29)18-11(2)26(16-9-15(22)17(30-3)8-14(16)18)19(27)12-4-6-13(7-5-12)21(23,24)25/h4-10H,1-3H3,(H,28,29). The van der Waals surface area contributed by atoms with Gasteiger partial charge in [-0.15, -0.1) is 0 Å². The number of carbonyl (C=O) groups excluding carboxylic acids is 1. The van der Waals surface area contributed by atoms with E-state index in [1.165, 1.54) is 27.0 Å². The third-order valence-corrected chi connectivity index (χ3v) is 4.99. The number of ether oxygens (including phenoxy) is 1. The summed E-state index contributed by atoms with van der Waals surface area (Å²) in [5.41, 5.74) is -0.342. The van der Waals surface area contributed by atoms with Gasteiger partial charge in [0.2, 0.25) is 0 Å². The maximum Gasteiger partial charge on any atom is 0.416 e. The van der Waals surface area contributed by atoms with Gasteiger partial charge in [0.1, 0.15) is 0 Å². The lowest BCUT2D eigenvalue weighted by molar-refractivity contribution is -0.138. The zero-order valence-electron chi connectivity index (χ0n) is 16.2. The maximum absolute atomic E-state index is 14.4. The van der Waals surface area contributed by atoms with E-state index in [9.17, 15) is 32.3 Å². The zero-order chi connectivity index (χ0) is 22.4. The molecule has 0 fully saturated rings. The fourth-order valence-electron chi connectivity index (χ4n) is 3.46. The van der Waals surface area contributed by atoms with Crippen LogP contribution in [0.3, 0.4) is 0 Å². The topological polar surface area (TPSA) is 68.5 Å². The van der Waals surface area contributed by atoms with Crippen molar-refractivity contribution in [2.75, 3.05) is 7.11 Å². The molecule has 0 aliphatic carbocycles. The number of aliphatic carboxylic acids is 1. The van der Waals surface area contributed by atoms with Crippen molar-refractivity contribution in [3.05, 3.63) is 64.6 Å². The molecule has 0 bridgehead atoms. The van der Waals surface area contributed by atoms with E-state index < -0.39 is 35.4 Å². The molecule has 0 spiro atoms. The van der Waals surface area contributed by atoms with Crippen LogP contribution in [0.15, 0.2) is 36.4 Å². The number of nitrogens with zero attached hydrogens (tertiary/aromatic N) is 1. The van der Waals surface area contributed by atoms with E-state index in [4.69, 9.17) is 4.74 Å². The molecule has 0 amide bonds. The SMILES string of the molecule is COc1cc2c(C(C)C(=O)O)c(C)n(C(=O)c3ccc(C(F)(F)F)cc3)c2cc1F. The van der Waals surface area contributed by atoms with Gasteiger partial charge in [0.05, 0.1) is 24.1 Å². The molecule has 9 heteroatoms. The van der Waals surface area contributed by atoms with E-state index in [1.807, 2.05) is 0 Å². The predicted octanol–water partition coefficient (Wildman–Crippen LogP) is 4.99. The second-order valence-corrected chi connectivity index (χ2v) is 6.78. The highest BCUT2D eigenvalue weighted by molar-refractivity contribution is 6.05. The van der Waals surface area contributed by atoms with E-state index in [1.54, 1.807) is 0 Å². The van der Waals surface area contributed by atoms with Gasteiger partial charge in [-0.25, -0.2) is 4.39 Å². The number of hydrogen-bond donors (Lipinski definition) is 1. The predicted molar refractivity (Wildman–Crippen MR) is 100 cm³/mol. The van der Waals surface area contributed by atoms with Crippen LogP contribution in [0.25, 0.3) is 10.9 Å². The minimum Gasteiger partial charge on any atom is -0.494 e. The number of aromatic nitrogens is 1. The lowest BCUT2D eigenvalue weighted by Crippen LogP contribution is -2.15. The molecular weight excluding hydrogens is 406 g/mol. The van der Waals surface area contributed by atoms with Gasteiger partial charge in [0.25, 0.3) is 5.91 Å². The van der Waals surface area contributed by atoms with Crippen molar-refractivity contribution in [2.24, 2.45) is 0 Å². The number of halogens is 4. The van der Waals surface area contributed by atoms with Crippen molar-refractivity contribution < 1.29 is 37.0 Å². The molecule has 3 rings (SSSR count). The Hall–Kier alpha value is -3.36. The van der Waals surface area contributed by atoms with Crippen molar-refractivity contribution >= 4 is 22.8 Å². The van der Waals surface area contributed by atoms with Gasteiger partial charge in [0.15, 0.2) is 11.6 Å². The summed E-state index contributed by atoms with van der Waals surface area (Å²) in [4.78, 5) is 24.7. The van der Waals surface area contributed by atoms with Gasteiger partial charge >= 0.3 is 12.1 Å². The van der Waals surface area contributed by atoms with Crippen LogP contribution in [0, 0.1) is 12.7 Å². The van der Waals surface area contributed by atoms with Gasteiger partial charge in [-0.1, -0.05) is 0 Å². The van der Waals surface area contributed by atoms with Crippen LogP contribution in [0.1, 0.15) is 40.0 Å². The van der Waals surface area contributed by atoms with E-state index in [0.29, 0.717) is 5.39 Å². The molecule has 0 aliphatic rings. The molecule has 3 aromatic rings. The summed E-state index contributed by atoms with van der Waals surface area (Å²) in [6.07, 6.45) is -4.55. The summed E-state index contributed by atoms with van der Waals surface area (Å²) in [5.74, 6) is -3.77. The number of carboxylic acids is 1. The molecule has 0 saturated heterocycles. The van der Waals surface area contributed by atoms with Crippen molar-refractivity contribution in [3.8, 4) is 5.75 Å². The van der Waals surface area contributed by atoms with E-state index in [0.717, 1.165) is 34.9 Å². The Balaban J connectivity index is 2.25. The summed E-state index contributed by atoms with van der Waals surface area (Å²) < 4.78 is 58.8. The smallest absolute Gasteiger partial charge is 0.416 e. The number of carbonyl (C=O) groups is 2. The van der Waals surface area contributed by atoms with Crippen LogP contribution in [0.2, 0.25) is 0 Å². The lowest BCUT2D eigenvalue weighted by Gasteiger charge is -2.11. The highest BCUT2D eigenvalue weighted by Crippen LogP contribution is 2.36. The maximum atomic E-state index is 14.4. The molecule has 0 radical (unpaired) electrons. The minimum atomic E-state index is -4.55. The monoisotopic (exact) mass is 423 g/mol. The Morgan fingerprint density at radius 1 is 1.13 bits per heavy atom. The zero-order valence-corrected chi connectivity index (χ0v) is 16.2. The van der Waals surface area contributed by atoms with Gasteiger partial charge in [-0.2, -0.15) is 13.2 Å². The molecule has 1 heterocycles. The number of fused-ring (bicyclic) bond motifs is 1. The molecule has 1 N–H and O–H groups in total. The first-order chi connectivity index (χ1) is 14.0. The molecule has 0 saturated carbocycles. The van der Waals surface area contributed by atoms with E-state index >= 15 is 0 Å². The van der Waals surface area contributed by atoms with E-state index in [-0.39, 0.29) is 28.1 Å². The normalized spacial score (nSPS) is 12.8. The second-order valence-electron chi connectivity index (χ2n) is 6.78. The average Bonchev–Trinajstić information content (AvgIpc) is 2.96. The Labute approximate surface area is 168 Å². The van der Waals surface area contributed by atoms with Gasteiger partial charge in [0, 0.05) is 22.7 Å². The van der Waals surface area contributed by atoms with Gasteiger partial charge < -0.3 is 9.84 Å². The summed E-state index contributed by atoms with van der Waals surface area (Å²) >= 11 is 0. The third-order valence-electron chi connectivity index (χ3n) is 4.99. The Bertz CT molecular complexity index is 1150. The molecular formula is C21H17F4NO4. The molecule has 2 aromatic carbocycles. The number of hydrogen-bond acceptors (Lipinski definition) is 3. The number of methoxy groups -OCH3 is 1. The minimum absolute atomic E-state index is 0.0613. The third kappa shape index (κ3) is 3.51. The quantitative estimate of drug-likeness (QED) is 0.600. The highest BCUT2D eigenvalue weighted by Gasteiger charge is 2.31. The number of carboxylic acid groups (broad SMARTS) is 1. The molecule has 1 unspecified atom stereocenters. The van der Waals surface area contributed by atoms with Crippen LogP contribution in [-0.4, -0.2) is 28.7 Å². The Kier molecular flexibility index (Phi) is 5.32. The Morgan fingerprint density at radius 3 is 2.23 bits per heavy atom. The fourth-order valence-corrected chi connectivity index (χ4v) is 3.46. The molecule has 0 aliphatic heterocycles. The molecule has 5 nitrogen and oxygen atoms in total. The van der Waals surface area contributed by atoms with E-state index in [2.05, 4.69) is 0 Å². The second kappa shape index (κ2) is 7.47. The molecule has 158 valence electrons. The summed E-state index contributed by atoms with van der Waals surface area (Å²) in [7, 11) is 1.25. The van der Waals surface area contributed by atoms with Crippen LogP contribution >= 0.6 is 0 Å². The molecule has 1 aromatic heterocycles. The number of rotatable bonds is 4. The van der Waals surface area contributed by atoms with Crippen molar-refractivity contribution in [2.45, 2.75) is 25.9 Å². The summed E-state index contributed by atoms with van der Waals surface area (Å²) in [5, 5.41) is 9.77.